The van der Waals surface area contributed by atoms with E-state index in [2.05, 4.69) is 28.5 Å². The lowest BCUT2D eigenvalue weighted by Crippen LogP contribution is -1.94. The molecule has 0 bridgehead atoms. The third-order valence-electron chi connectivity index (χ3n) is 4.37. The van der Waals surface area contributed by atoms with Gasteiger partial charge in [0.05, 0.1) is 12.8 Å². The van der Waals surface area contributed by atoms with Crippen molar-refractivity contribution in [2.24, 2.45) is 0 Å². The minimum Gasteiger partial charge on any atom is -0.495 e. The van der Waals surface area contributed by atoms with Crippen molar-refractivity contribution >= 4 is 23.0 Å². The number of anilines is 2. The normalized spacial score (nSPS) is 14.5. The molecular weight excluding hydrogens is 298 g/mol. The quantitative estimate of drug-likeness (QED) is 0.633. The second kappa shape index (κ2) is 5.81. The average molecular weight is 317 g/mol. The summed E-state index contributed by atoms with van der Waals surface area (Å²) in [5.41, 5.74) is 13.7. The molecule has 0 amide bonds. The highest BCUT2D eigenvalue weighted by molar-refractivity contribution is 6.02. The summed E-state index contributed by atoms with van der Waals surface area (Å²) in [6, 6.07) is 16.2. The van der Waals surface area contributed by atoms with Crippen LogP contribution in [0.25, 0.3) is 22.8 Å². The molecule has 0 spiro atoms. The van der Waals surface area contributed by atoms with Crippen LogP contribution in [-0.2, 0) is 0 Å². The number of hydrogen-bond acceptors (Lipinski definition) is 3. The van der Waals surface area contributed by atoms with Crippen LogP contribution < -0.4 is 15.8 Å². The Kier molecular flexibility index (Phi) is 3.50. The summed E-state index contributed by atoms with van der Waals surface area (Å²) in [5, 5.41) is 3.46. The topological polar surface area (TPSA) is 63.1 Å². The molecule has 4 heteroatoms. The lowest BCUT2D eigenvalue weighted by molar-refractivity contribution is 0.414. The van der Waals surface area contributed by atoms with Crippen LogP contribution in [0.3, 0.4) is 0 Å². The first-order valence-corrected chi connectivity index (χ1v) is 7.92. The van der Waals surface area contributed by atoms with Crippen LogP contribution in [-0.4, -0.2) is 18.6 Å². The van der Waals surface area contributed by atoms with E-state index in [1.165, 1.54) is 5.57 Å². The molecule has 1 aliphatic rings. The Morgan fingerprint density at radius 2 is 1.88 bits per heavy atom. The van der Waals surface area contributed by atoms with Crippen molar-refractivity contribution in [3.63, 3.8) is 0 Å². The molecule has 1 aliphatic heterocycles. The van der Waals surface area contributed by atoms with Crippen molar-refractivity contribution in [3.05, 3.63) is 66.0 Å². The number of H-pyrrole nitrogens is 1. The molecule has 2 aromatic carbocycles. The first-order chi connectivity index (χ1) is 11.8. The highest BCUT2D eigenvalue weighted by Crippen LogP contribution is 2.43. The lowest BCUT2D eigenvalue weighted by Gasteiger charge is -2.13. The Balaban J connectivity index is 1.90. The number of ether oxygens (including phenoxy) is 1. The Morgan fingerprint density at radius 1 is 1.04 bits per heavy atom. The van der Waals surface area contributed by atoms with Gasteiger partial charge in [-0.2, -0.15) is 0 Å². The van der Waals surface area contributed by atoms with Crippen LogP contribution in [0.2, 0.25) is 0 Å². The largest absolute Gasteiger partial charge is 0.495 e. The molecule has 0 saturated heterocycles. The van der Waals surface area contributed by atoms with Crippen molar-refractivity contribution in [3.8, 4) is 16.9 Å². The third kappa shape index (κ3) is 2.33. The van der Waals surface area contributed by atoms with Gasteiger partial charge in [0.25, 0.3) is 0 Å². The predicted octanol–water partition coefficient (Wildman–Crippen LogP) is 4.24. The van der Waals surface area contributed by atoms with Crippen molar-refractivity contribution in [2.75, 3.05) is 24.7 Å². The summed E-state index contributed by atoms with van der Waals surface area (Å²) in [6.45, 7) is 0.765. The predicted molar refractivity (Wildman–Crippen MR) is 100.0 cm³/mol. The van der Waals surface area contributed by atoms with Gasteiger partial charge in [0.1, 0.15) is 5.75 Å². The van der Waals surface area contributed by atoms with Gasteiger partial charge in [0, 0.05) is 35.2 Å². The molecule has 0 fully saturated rings. The fraction of sp³-hybridized carbons (Fsp3) is 0.100. The van der Waals surface area contributed by atoms with Crippen LogP contribution >= 0.6 is 0 Å². The molecule has 2 heterocycles. The number of benzene rings is 2. The van der Waals surface area contributed by atoms with E-state index in [1.54, 1.807) is 7.11 Å². The summed E-state index contributed by atoms with van der Waals surface area (Å²) in [6.07, 6.45) is 4.01. The number of hydrogen-bond donors (Lipinski definition) is 3. The molecule has 4 nitrogen and oxygen atoms in total. The third-order valence-corrected chi connectivity index (χ3v) is 4.37. The summed E-state index contributed by atoms with van der Waals surface area (Å²) in [7, 11) is 1.68. The van der Waals surface area contributed by atoms with Gasteiger partial charge in [-0.25, -0.2) is 0 Å². The first kappa shape index (κ1) is 14.5. The van der Waals surface area contributed by atoms with E-state index in [9.17, 15) is 0 Å². The number of rotatable bonds is 3. The molecule has 1 aromatic heterocycles. The van der Waals surface area contributed by atoms with Gasteiger partial charge in [-0.05, 0) is 35.4 Å². The maximum atomic E-state index is 6.33. The summed E-state index contributed by atoms with van der Waals surface area (Å²) in [5.74, 6) is 0.834. The molecule has 4 N–H and O–H groups in total. The fourth-order valence-corrected chi connectivity index (χ4v) is 3.25. The Morgan fingerprint density at radius 3 is 2.67 bits per heavy atom. The lowest BCUT2D eigenvalue weighted by atomic mass is 9.93. The minimum atomic E-state index is 0.765. The second-order valence-electron chi connectivity index (χ2n) is 5.80. The monoisotopic (exact) mass is 317 g/mol. The van der Waals surface area contributed by atoms with Crippen LogP contribution in [0.4, 0.5) is 11.4 Å². The van der Waals surface area contributed by atoms with Crippen LogP contribution in [0.5, 0.6) is 5.75 Å². The zero-order chi connectivity index (χ0) is 16.5. The molecule has 4 rings (SSSR count). The Labute approximate surface area is 141 Å². The van der Waals surface area contributed by atoms with Crippen molar-refractivity contribution in [2.45, 2.75) is 0 Å². The van der Waals surface area contributed by atoms with E-state index in [-0.39, 0.29) is 0 Å². The van der Waals surface area contributed by atoms with Gasteiger partial charge in [-0.15, -0.1) is 0 Å². The van der Waals surface area contributed by atoms with E-state index in [0.717, 1.165) is 46.1 Å². The van der Waals surface area contributed by atoms with Crippen LogP contribution in [0, 0.1) is 0 Å². The Hall–Kier alpha value is -3.14. The number of fused-ring (bicyclic) bond motifs is 1. The minimum absolute atomic E-state index is 0.765. The first-order valence-electron chi connectivity index (χ1n) is 7.92. The van der Waals surface area contributed by atoms with Crippen molar-refractivity contribution < 1.29 is 4.74 Å². The number of nitrogens with one attached hydrogen (secondary N) is 2. The van der Waals surface area contributed by atoms with Gasteiger partial charge in [-0.3, -0.25) is 0 Å². The molecular formula is C20H19N3O. The molecule has 0 unspecified atom stereocenters. The fourth-order valence-electron chi connectivity index (χ4n) is 3.25. The maximum Gasteiger partial charge on any atom is 0.143 e. The Bertz CT molecular complexity index is 910. The van der Waals surface area contributed by atoms with E-state index in [0.29, 0.717) is 0 Å². The van der Waals surface area contributed by atoms with E-state index >= 15 is 0 Å². The maximum absolute atomic E-state index is 6.33. The highest BCUT2D eigenvalue weighted by Gasteiger charge is 2.22. The van der Waals surface area contributed by atoms with Gasteiger partial charge >= 0.3 is 0 Å². The SMILES string of the molecule is COc1cc[nH]c1/C=C1\CNc2ccc(N)c(-c3ccccc3)c21. The van der Waals surface area contributed by atoms with Gasteiger partial charge in [0.15, 0.2) is 0 Å². The zero-order valence-corrected chi connectivity index (χ0v) is 13.5. The van der Waals surface area contributed by atoms with E-state index in [1.807, 2.05) is 42.6 Å². The molecule has 0 aliphatic carbocycles. The van der Waals surface area contributed by atoms with Gasteiger partial charge < -0.3 is 20.8 Å². The smallest absolute Gasteiger partial charge is 0.143 e. The van der Waals surface area contributed by atoms with Crippen molar-refractivity contribution in [1.82, 2.24) is 4.98 Å². The molecule has 24 heavy (non-hydrogen) atoms. The highest BCUT2D eigenvalue weighted by atomic mass is 16.5. The number of methoxy groups -OCH3 is 1. The average Bonchev–Trinajstić information content (AvgIpc) is 3.23. The second-order valence-corrected chi connectivity index (χ2v) is 5.80. The van der Waals surface area contributed by atoms with E-state index in [4.69, 9.17) is 10.5 Å². The summed E-state index contributed by atoms with van der Waals surface area (Å²) < 4.78 is 5.40. The van der Waals surface area contributed by atoms with E-state index < -0.39 is 0 Å². The summed E-state index contributed by atoms with van der Waals surface area (Å²) >= 11 is 0. The zero-order valence-electron chi connectivity index (χ0n) is 13.5. The van der Waals surface area contributed by atoms with Gasteiger partial charge in [0.2, 0.25) is 0 Å². The summed E-state index contributed by atoms with van der Waals surface area (Å²) in [4.78, 5) is 3.23. The van der Waals surface area contributed by atoms with Gasteiger partial charge in [-0.1, -0.05) is 30.3 Å². The van der Waals surface area contributed by atoms with Crippen LogP contribution in [0.15, 0.2) is 54.7 Å². The number of aromatic nitrogens is 1. The molecule has 0 saturated carbocycles. The molecule has 3 aromatic rings. The molecule has 0 radical (unpaired) electrons. The number of aromatic amines is 1. The standard InChI is InChI=1S/C20H19N3O/c1-24-18-9-10-22-17(18)11-14-12-23-16-8-7-15(21)19(20(14)16)13-5-3-2-4-6-13/h2-11,22-23H,12,21H2,1H3/b14-11+. The van der Waals surface area contributed by atoms with Crippen molar-refractivity contribution in [1.29, 1.82) is 0 Å². The van der Waals surface area contributed by atoms with Crippen LogP contribution in [0.1, 0.15) is 11.3 Å². The molecule has 120 valence electrons. The number of nitrogen functional groups attached to an aromatic ring is 1. The number of nitrogens with two attached hydrogens (primary N) is 1. The molecule has 0 atom stereocenters.